The monoisotopic (exact) mass is 448 g/mol. The van der Waals surface area contributed by atoms with E-state index in [2.05, 4.69) is 20.4 Å². The number of fused-ring (bicyclic) bond motifs is 1. The summed E-state index contributed by atoms with van der Waals surface area (Å²) in [7, 11) is 2.01. The molecule has 0 aliphatic carbocycles. The van der Waals surface area contributed by atoms with Gasteiger partial charge in [-0.2, -0.15) is 23.4 Å². The van der Waals surface area contributed by atoms with E-state index in [0.717, 1.165) is 24.7 Å². The number of benzene rings is 2. The van der Waals surface area contributed by atoms with E-state index in [1.54, 1.807) is 13.0 Å². The highest BCUT2D eigenvalue weighted by Gasteiger charge is 2.36. The number of piperidine rings is 1. The van der Waals surface area contributed by atoms with Crippen molar-refractivity contribution in [2.45, 2.75) is 37.6 Å². The van der Waals surface area contributed by atoms with Crippen molar-refractivity contribution < 1.29 is 22.7 Å². The van der Waals surface area contributed by atoms with Crippen LogP contribution >= 0.6 is 0 Å². The van der Waals surface area contributed by atoms with Crippen LogP contribution in [0.3, 0.4) is 0 Å². The van der Waals surface area contributed by atoms with Gasteiger partial charge in [-0.15, -0.1) is 0 Å². The summed E-state index contributed by atoms with van der Waals surface area (Å²) in [5.74, 6) is -1.30. The molecule has 0 amide bonds. The molecule has 170 valence electrons. The summed E-state index contributed by atoms with van der Waals surface area (Å²) in [6, 6.07) is 7.88. The smallest absolute Gasteiger partial charge is 0.385 e. The Hall–Kier alpha value is -2.78. The van der Waals surface area contributed by atoms with E-state index in [9.17, 15) is 22.7 Å². The second-order valence-corrected chi connectivity index (χ2v) is 8.40. The lowest BCUT2D eigenvalue weighted by molar-refractivity contribution is -0.140. The Balaban J connectivity index is 1.68. The van der Waals surface area contributed by atoms with Crippen molar-refractivity contribution in [3.05, 3.63) is 65.1 Å². The van der Waals surface area contributed by atoms with Crippen molar-refractivity contribution in [2.75, 3.05) is 25.5 Å². The van der Waals surface area contributed by atoms with Crippen molar-refractivity contribution in [1.82, 2.24) is 15.1 Å². The molecule has 1 aliphatic rings. The minimum Gasteiger partial charge on any atom is -0.385 e. The zero-order chi connectivity index (χ0) is 23.1. The van der Waals surface area contributed by atoms with Gasteiger partial charge in [-0.1, -0.05) is 18.2 Å². The first-order chi connectivity index (χ1) is 15.1. The molecule has 0 radical (unpaired) electrons. The van der Waals surface area contributed by atoms with Crippen LogP contribution in [0, 0.1) is 5.82 Å². The first kappa shape index (κ1) is 22.4. The molecule has 32 heavy (non-hydrogen) atoms. The fraction of sp³-hybridized carbons (Fsp3) is 0.391. The highest BCUT2D eigenvalue weighted by atomic mass is 19.4. The number of aliphatic hydroxyl groups is 1. The fourth-order valence-electron chi connectivity index (χ4n) is 4.15. The van der Waals surface area contributed by atoms with Gasteiger partial charge in [0.15, 0.2) is 0 Å². The summed E-state index contributed by atoms with van der Waals surface area (Å²) >= 11 is 0. The lowest BCUT2D eigenvalue weighted by Crippen LogP contribution is -2.40. The Morgan fingerprint density at radius 1 is 1.16 bits per heavy atom. The van der Waals surface area contributed by atoms with Gasteiger partial charge in [-0.05, 0) is 50.6 Å². The van der Waals surface area contributed by atoms with E-state index >= 15 is 0 Å². The van der Waals surface area contributed by atoms with E-state index in [-0.39, 0.29) is 5.56 Å². The highest BCUT2D eigenvalue weighted by Crippen LogP contribution is 2.37. The first-order valence-corrected chi connectivity index (χ1v) is 10.4. The number of nitrogens with zero attached hydrogens (tertiary/aromatic N) is 3. The van der Waals surface area contributed by atoms with Crippen LogP contribution in [0.25, 0.3) is 10.9 Å². The molecule has 9 heteroatoms. The Labute approximate surface area is 183 Å². The number of hydrogen-bond acceptors (Lipinski definition) is 5. The number of rotatable bonds is 4. The lowest BCUT2D eigenvalue weighted by Gasteiger charge is -2.37. The molecular weight excluding hydrogens is 424 g/mol. The minimum atomic E-state index is -4.77. The van der Waals surface area contributed by atoms with Crippen LogP contribution in [-0.4, -0.2) is 40.3 Å². The molecule has 2 heterocycles. The summed E-state index contributed by atoms with van der Waals surface area (Å²) in [6.45, 7) is 3.11. The Bertz CT molecular complexity index is 1130. The molecule has 4 rings (SSSR count). The first-order valence-electron chi connectivity index (χ1n) is 10.4. The third kappa shape index (κ3) is 4.27. The SMILES string of the molecule is C[C@@H](Nc1cnnc2ccc(C3(O)CCN(C)CC3)cc12)c1cccc(C(F)(F)F)c1F. The van der Waals surface area contributed by atoms with Crippen LogP contribution in [0.15, 0.2) is 42.6 Å². The summed E-state index contributed by atoms with van der Waals surface area (Å²) < 4.78 is 53.9. The topological polar surface area (TPSA) is 61.3 Å². The van der Waals surface area contributed by atoms with Crippen molar-refractivity contribution in [1.29, 1.82) is 0 Å². The van der Waals surface area contributed by atoms with Crippen LogP contribution in [0.1, 0.15) is 42.5 Å². The van der Waals surface area contributed by atoms with Gasteiger partial charge in [-0.25, -0.2) is 4.39 Å². The van der Waals surface area contributed by atoms with Crippen molar-refractivity contribution in [3.8, 4) is 0 Å². The number of nitrogens with one attached hydrogen (secondary N) is 1. The van der Waals surface area contributed by atoms with Gasteiger partial charge >= 0.3 is 6.18 Å². The highest BCUT2D eigenvalue weighted by molar-refractivity contribution is 5.91. The number of anilines is 1. The number of halogens is 4. The predicted octanol–water partition coefficient (Wildman–Crippen LogP) is 4.87. The van der Waals surface area contributed by atoms with E-state index < -0.39 is 29.2 Å². The van der Waals surface area contributed by atoms with E-state index in [1.165, 1.54) is 18.3 Å². The van der Waals surface area contributed by atoms with Crippen LogP contribution in [0.5, 0.6) is 0 Å². The van der Waals surface area contributed by atoms with E-state index in [1.807, 2.05) is 19.2 Å². The van der Waals surface area contributed by atoms with Crippen molar-refractivity contribution >= 4 is 16.6 Å². The van der Waals surface area contributed by atoms with Crippen LogP contribution in [0.4, 0.5) is 23.2 Å². The molecule has 1 aliphatic heterocycles. The quantitative estimate of drug-likeness (QED) is 0.558. The molecular formula is C23H24F4N4O. The Kier molecular flexibility index (Phi) is 5.81. The van der Waals surface area contributed by atoms with Crippen LogP contribution in [0.2, 0.25) is 0 Å². The summed E-state index contributed by atoms with van der Waals surface area (Å²) in [6.07, 6.45) is -2.15. The second-order valence-electron chi connectivity index (χ2n) is 8.40. The van der Waals surface area contributed by atoms with E-state index in [4.69, 9.17) is 0 Å². The standard InChI is InChI=1S/C23H24F4N4O/c1-14(16-4-3-5-18(21(16)24)23(25,26)27)29-20-13-28-30-19-7-6-15(12-17(19)20)22(32)8-10-31(2)11-9-22/h3-7,12-14,32H,8-11H2,1-2H3,(H,29,30)/t14-/m1/s1. The molecule has 2 N–H and O–H groups in total. The average Bonchev–Trinajstić information content (AvgIpc) is 2.75. The molecule has 1 fully saturated rings. The van der Waals surface area contributed by atoms with Gasteiger partial charge in [0.2, 0.25) is 0 Å². The summed E-state index contributed by atoms with van der Waals surface area (Å²) in [5, 5.41) is 23.0. The zero-order valence-corrected chi connectivity index (χ0v) is 17.7. The molecule has 1 aromatic heterocycles. The molecule has 0 bridgehead atoms. The molecule has 1 saturated heterocycles. The molecule has 0 saturated carbocycles. The molecule has 1 atom stereocenters. The van der Waals surface area contributed by atoms with Crippen LogP contribution in [-0.2, 0) is 11.8 Å². The third-order valence-corrected chi connectivity index (χ3v) is 6.16. The molecule has 0 spiro atoms. The zero-order valence-electron chi connectivity index (χ0n) is 17.7. The van der Waals surface area contributed by atoms with E-state index in [0.29, 0.717) is 29.4 Å². The maximum absolute atomic E-state index is 14.6. The number of alkyl halides is 3. The Morgan fingerprint density at radius 3 is 2.56 bits per heavy atom. The normalized spacial score (nSPS) is 18.0. The minimum absolute atomic E-state index is 0.102. The van der Waals surface area contributed by atoms with Gasteiger partial charge in [-0.3, -0.25) is 0 Å². The van der Waals surface area contributed by atoms with Gasteiger partial charge < -0.3 is 15.3 Å². The third-order valence-electron chi connectivity index (χ3n) is 6.16. The van der Waals surface area contributed by atoms with Gasteiger partial charge in [0, 0.05) is 24.0 Å². The molecule has 3 aromatic rings. The Morgan fingerprint density at radius 2 is 1.88 bits per heavy atom. The number of hydrogen-bond donors (Lipinski definition) is 2. The van der Waals surface area contributed by atoms with Crippen molar-refractivity contribution in [3.63, 3.8) is 0 Å². The second kappa shape index (κ2) is 8.29. The van der Waals surface area contributed by atoms with Gasteiger partial charge in [0.25, 0.3) is 0 Å². The van der Waals surface area contributed by atoms with Crippen molar-refractivity contribution in [2.24, 2.45) is 0 Å². The summed E-state index contributed by atoms with van der Waals surface area (Å²) in [4.78, 5) is 2.15. The maximum Gasteiger partial charge on any atom is 0.419 e. The number of likely N-dealkylation sites (tertiary alicyclic amines) is 1. The average molecular weight is 448 g/mol. The molecule has 5 nitrogen and oxygen atoms in total. The summed E-state index contributed by atoms with van der Waals surface area (Å²) in [5.41, 5.74) is -0.570. The number of aromatic nitrogens is 2. The van der Waals surface area contributed by atoms with Gasteiger partial charge in [0.1, 0.15) is 5.82 Å². The molecule has 0 unspecified atom stereocenters. The maximum atomic E-state index is 14.6. The fourth-order valence-corrected chi connectivity index (χ4v) is 4.15. The van der Waals surface area contributed by atoms with Gasteiger partial charge in [0.05, 0.1) is 34.6 Å². The molecule has 2 aromatic carbocycles. The van der Waals surface area contributed by atoms with Crippen LogP contribution < -0.4 is 5.32 Å². The predicted molar refractivity (Wildman–Crippen MR) is 114 cm³/mol. The largest absolute Gasteiger partial charge is 0.419 e. The lowest BCUT2D eigenvalue weighted by atomic mass is 9.84.